The molecule has 0 saturated carbocycles. The van der Waals surface area contributed by atoms with E-state index in [4.69, 9.17) is 0 Å². The third-order valence-corrected chi connectivity index (χ3v) is 4.04. The van der Waals surface area contributed by atoms with E-state index in [1.54, 1.807) is 24.3 Å². The number of rotatable bonds is 3. The molecule has 0 spiro atoms. The summed E-state index contributed by atoms with van der Waals surface area (Å²) in [5.41, 5.74) is 2.92. The molecule has 23 heavy (non-hydrogen) atoms. The predicted molar refractivity (Wildman–Crippen MR) is 90.3 cm³/mol. The van der Waals surface area contributed by atoms with E-state index >= 15 is 0 Å². The smallest absolute Gasteiger partial charge is 0.336 e. The monoisotopic (exact) mass is 304 g/mol. The summed E-state index contributed by atoms with van der Waals surface area (Å²) in [6, 6.07) is 16.0. The molecule has 0 aromatic heterocycles. The molecule has 0 amide bonds. The van der Waals surface area contributed by atoms with Gasteiger partial charge in [-0.25, -0.2) is 4.79 Å². The molecule has 0 aliphatic heterocycles. The molecule has 0 heterocycles. The average Bonchev–Trinajstić information content (AvgIpc) is 2.54. The Morgan fingerprint density at radius 2 is 1.48 bits per heavy atom. The predicted octanol–water partition coefficient (Wildman–Crippen LogP) is 4.39. The standard InChI is InChI=1S/C20H16O3/c1-12-7-9-14-13(2)8-10-16(18(14)11-12)19(21)15-5-3-4-6-17(15)20(22)23/h3-11H,1-2H3,(H,22,23). The summed E-state index contributed by atoms with van der Waals surface area (Å²) in [5.74, 6) is -1.36. The van der Waals surface area contributed by atoms with Crippen LogP contribution in [0.2, 0.25) is 0 Å². The maximum Gasteiger partial charge on any atom is 0.336 e. The highest BCUT2D eigenvalue weighted by Gasteiger charge is 2.19. The lowest BCUT2D eigenvalue weighted by atomic mass is 9.92. The van der Waals surface area contributed by atoms with Gasteiger partial charge >= 0.3 is 5.97 Å². The van der Waals surface area contributed by atoms with Gasteiger partial charge in [0.15, 0.2) is 5.78 Å². The Hall–Kier alpha value is -2.94. The van der Waals surface area contributed by atoms with E-state index < -0.39 is 5.97 Å². The van der Waals surface area contributed by atoms with Gasteiger partial charge in [0.2, 0.25) is 0 Å². The summed E-state index contributed by atoms with van der Waals surface area (Å²) >= 11 is 0. The number of hydrogen-bond acceptors (Lipinski definition) is 2. The van der Waals surface area contributed by atoms with E-state index in [-0.39, 0.29) is 16.9 Å². The number of benzene rings is 3. The van der Waals surface area contributed by atoms with E-state index in [0.29, 0.717) is 5.56 Å². The van der Waals surface area contributed by atoms with Crippen LogP contribution in [-0.2, 0) is 0 Å². The highest BCUT2D eigenvalue weighted by molar-refractivity contribution is 6.19. The zero-order chi connectivity index (χ0) is 16.6. The number of hydrogen-bond donors (Lipinski definition) is 1. The van der Waals surface area contributed by atoms with Crippen LogP contribution in [0, 0.1) is 13.8 Å². The Kier molecular flexibility index (Phi) is 3.70. The van der Waals surface area contributed by atoms with Crippen LogP contribution in [0.1, 0.15) is 37.4 Å². The molecule has 3 heteroatoms. The van der Waals surface area contributed by atoms with Gasteiger partial charge in [-0.15, -0.1) is 0 Å². The van der Waals surface area contributed by atoms with Crippen molar-refractivity contribution in [1.29, 1.82) is 0 Å². The van der Waals surface area contributed by atoms with Crippen molar-refractivity contribution in [1.82, 2.24) is 0 Å². The van der Waals surface area contributed by atoms with Crippen molar-refractivity contribution in [3.05, 3.63) is 82.4 Å². The molecule has 0 fully saturated rings. The van der Waals surface area contributed by atoms with Crippen LogP contribution in [0.3, 0.4) is 0 Å². The first kappa shape index (κ1) is 15.0. The number of carbonyl (C=O) groups is 2. The molecule has 0 bridgehead atoms. The van der Waals surface area contributed by atoms with Gasteiger partial charge in [0.25, 0.3) is 0 Å². The van der Waals surface area contributed by atoms with Gasteiger partial charge < -0.3 is 5.11 Å². The summed E-state index contributed by atoms with van der Waals surface area (Å²) in [4.78, 5) is 24.3. The van der Waals surface area contributed by atoms with Crippen LogP contribution >= 0.6 is 0 Å². The fourth-order valence-electron chi connectivity index (χ4n) is 2.82. The summed E-state index contributed by atoms with van der Waals surface area (Å²) in [6.45, 7) is 3.97. The highest BCUT2D eigenvalue weighted by Crippen LogP contribution is 2.26. The molecule has 0 unspecified atom stereocenters. The lowest BCUT2D eigenvalue weighted by molar-refractivity contribution is 0.0693. The third-order valence-electron chi connectivity index (χ3n) is 4.04. The van der Waals surface area contributed by atoms with Gasteiger partial charge in [0.1, 0.15) is 0 Å². The topological polar surface area (TPSA) is 54.4 Å². The van der Waals surface area contributed by atoms with Crippen LogP contribution in [0.5, 0.6) is 0 Å². The summed E-state index contributed by atoms with van der Waals surface area (Å²) in [7, 11) is 0. The normalized spacial score (nSPS) is 10.7. The van der Waals surface area contributed by atoms with Gasteiger partial charge in [-0.3, -0.25) is 4.79 Å². The molecule has 0 radical (unpaired) electrons. The maximum atomic E-state index is 12.9. The zero-order valence-corrected chi connectivity index (χ0v) is 13.0. The molecule has 114 valence electrons. The van der Waals surface area contributed by atoms with Gasteiger partial charge in [-0.1, -0.05) is 54.1 Å². The summed E-state index contributed by atoms with van der Waals surface area (Å²) in [5, 5.41) is 11.2. The lowest BCUT2D eigenvalue weighted by Gasteiger charge is -2.11. The molecule has 0 saturated heterocycles. The fraction of sp³-hybridized carbons (Fsp3) is 0.100. The quantitative estimate of drug-likeness (QED) is 0.730. The first-order chi connectivity index (χ1) is 11.0. The van der Waals surface area contributed by atoms with Crippen molar-refractivity contribution in [2.24, 2.45) is 0 Å². The molecular weight excluding hydrogens is 288 g/mol. The highest BCUT2D eigenvalue weighted by atomic mass is 16.4. The second kappa shape index (κ2) is 5.69. The van der Waals surface area contributed by atoms with Crippen molar-refractivity contribution in [2.75, 3.05) is 0 Å². The first-order valence-electron chi connectivity index (χ1n) is 7.36. The van der Waals surface area contributed by atoms with Crippen LogP contribution < -0.4 is 0 Å². The summed E-state index contributed by atoms with van der Waals surface area (Å²) in [6.07, 6.45) is 0. The molecule has 3 aromatic carbocycles. The number of aromatic carboxylic acids is 1. The summed E-state index contributed by atoms with van der Waals surface area (Å²) < 4.78 is 0. The Balaban J connectivity index is 2.26. The van der Waals surface area contributed by atoms with Crippen LogP contribution in [0.4, 0.5) is 0 Å². The Bertz CT molecular complexity index is 939. The Morgan fingerprint density at radius 3 is 2.17 bits per heavy atom. The average molecular weight is 304 g/mol. The molecule has 0 aliphatic carbocycles. The van der Waals surface area contributed by atoms with Crippen molar-refractivity contribution >= 4 is 22.5 Å². The van der Waals surface area contributed by atoms with Crippen molar-refractivity contribution < 1.29 is 14.7 Å². The lowest BCUT2D eigenvalue weighted by Crippen LogP contribution is -2.10. The number of carboxylic acids is 1. The van der Waals surface area contributed by atoms with E-state index in [1.807, 2.05) is 38.1 Å². The minimum Gasteiger partial charge on any atom is -0.478 e. The molecule has 3 aromatic rings. The van der Waals surface area contributed by atoms with Crippen LogP contribution in [0.25, 0.3) is 10.8 Å². The molecule has 3 nitrogen and oxygen atoms in total. The zero-order valence-electron chi connectivity index (χ0n) is 13.0. The first-order valence-corrected chi connectivity index (χ1v) is 7.36. The van der Waals surface area contributed by atoms with Crippen molar-refractivity contribution in [3.8, 4) is 0 Å². The minimum atomic E-state index is -1.10. The maximum absolute atomic E-state index is 12.9. The third kappa shape index (κ3) is 2.61. The second-order valence-corrected chi connectivity index (χ2v) is 5.66. The minimum absolute atomic E-state index is 0.0267. The fourth-order valence-corrected chi connectivity index (χ4v) is 2.82. The Morgan fingerprint density at radius 1 is 0.783 bits per heavy atom. The van der Waals surface area contributed by atoms with E-state index in [1.165, 1.54) is 6.07 Å². The largest absolute Gasteiger partial charge is 0.478 e. The Labute approximate surface area is 134 Å². The second-order valence-electron chi connectivity index (χ2n) is 5.66. The number of carboxylic acid groups (broad SMARTS) is 1. The molecule has 3 rings (SSSR count). The number of aryl methyl sites for hydroxylation is 2. The van der Waals surface area contributed by atoms with E-state index in [0.717, 1.165) is 21.9 Å². The number of carbonyl (C=O) groups excluding carboxylic acids is 1. The van der Waals surface area contributed by atoms with Gasteiger partial charge in [-0.05, 0) is 36.2 Å². The van der Waals surface area contributed by atoms with Crippen LogP contribution in [0.15, 0.2) is 54.6 Å². The SMILES string of the molecule is Cc1ccc2c(C)ccc(C(=O)c3ccccc3C(=O)O)c2c1. The molecular formula is C20H16O3. The van der Waals surface area contributed by atoms with Gasteiger partial charge in [0.05, 0.1) is 5.56 Å². The van der Waals surface area contributed by atoms with E-state index in [2.05, 4.69) is 0 Å². The van der Waals surface area contributed by atoms with Gasteiger partial charge in [-0.2, -0.15) is 0 Å². The van der Waals surface area contributed by atoms with E-state index in [9.17, 15) is 14.7 Å². The number of fused-ring (bicyclic) bond motifs is 1. The molecule has 1 N–H and O–H groups in total. The number of ketones is 1. The molecule has 0 aliphatic rings. The van der Waals surface area contributed by atoms with Crippen LogP contribution in [-0.4, -0.2) is 16.9 Å². The molecule has 0 atom stereocenters. The van der Waals surface area contributed by atoms with Crippen molar-refractivity contribution in [2.45, 2.75) is 13.8 Å². The van der Waals surface area contributed by atoms with Crippen molar-refractivity contribution in [3.63, 3.8) is 0 Å². The van der Waals surface area contributed by atoms with Gasteiger partial charge in [0, 0.05) is 11.1 Å².